The Balaban J connectivity index is 1.70. The van der Waals surface area contributed by atoms with Gasteiger partial charge in [-0.15, -0.1) is 0 Å². The maximum atomic E-state index is 13.0. The van der Waals surface area contributed by atoms with Crippen molar-refractivity contribution in [3.05, 3.63) is 86.9 Å². The summed E-state index contributed by atoms with van der Waals surface area (Å²) in [4.78, 5) is 42.1. The molecule has 0 radical (unpaired) electrons. The van der Waals surface area contributed by atoms with Gasteiger partial charge in [0.05, 0.1) is 40.2 Å². The largest absolute Gasteiger partial charge is 0.494 e. The number of aryl methyl sites for hydroxylation is 1. The number of esters is 1. The van der Waals surface area contributed by atoms with Crippen LogP contribution >= 0.6 is 23.2 Å². The number of nitrogens with one attached hydrogen (secondary N) is 2. The molecule has 2 amide bonds. The van der Waals surface area contributed by atoms with Crippen molar-refractivity contribution in [2.45, 2.75) is 27.3 Å². The van der Waals surface area contributed by atoms with Gasteiger partial charge >= 0.3 is 12.0 Å². The molecular formula is C29H27Cl2N5O5. The first-order valence-electron chi connectivity index (χ1n) is 12.8. The van der Waals surface area contributed by atoms with E-state index in [-0.39, 0.29) is 34.6 Å². The van der Waals surface area contributed by atoms with E-state index in [4.69, 9.17) is 32.7 Å². The molecule has 2 aromatic heterocycles. The number of pyridine rings is 1. The van der Waals surface area contributed by atoms with Crippen molar-refractivity contribution in [3.8, 4) is 28.1 Å². The highest BCUT2D eigenvalue weighted by Gasteiger charge is 2.16. The van der Waals surface area contributed by atoms with Crippen LogP contribution in [-0.2, 0) is 11.3 Å². The Labute approximate surface area is 246 Å². The lowest BCUT2D eigenvalue weighted by molar-refractivity contribution is 0.0526. The lowest BCUT2D eigenvalue weighted by Gasteiger charge is -2.13. The molecule has 12 heteroatoms. The fourth-order valence-corrected chi connectivity index (χ4v) is 4.45. The van der Waals surface area contributed by atoms with Crippen molar-refractivity contribution >= 4 is 46.6 Å². The van der Waals surface area contributed by atoms with Crippen LogP contribution in [0.4, 0.5) is 16.2 Å². The van der Waals surface area contributed by atoms with E-state index < -0.39 is 17.6 Å². The minimum atomic E-state index is -0.718. The Morgan fingerprint density at radius 1 is 0.902 bits per heavy atom. The molecule has 0 atom stereocenters. The number of hydrogen-bond donors (Lipinski definition) is 2. The average Bonchev–Trinajstić information content (AvgIpc) is 2.96. The number of rotatable bonds is 9. The van der Waals surface area contributed by atoms with Crippen molar-refractivity contribution in [1.29, 1.82) is 0 Å². The van der Waals surface area contributed by atoms with Crippen LogP contribution in [0.1, 0.15) is 31.1 Å². The molecule has 4 rings (SSSR count). The molecular weight excluding hydrogens is 569 g/mol. The molecule has 2 N–H and O–H groups in total. The molecule has 4 aromatic rings. The highest BCUT2D eigenvalue weighted by atomic mass is 35.5. The molecule has 0 aliphatic carbocycles. The van der Waals surface area contributed by atoms with Crippen LogP contribution in [0.25, 0.3) is 22.4 Å². The Kier molecular flexibility index (Phi) is 9.59. The number of carbonyl (C=O) groups is 2. The lowest BCUT2D eigenvalue weighted by Crippen LogP contribution is -2.29. The van der Waals surface area contributed by atoms with Crippen LogP contribution in [-0.4, -0.2) is 40.0 Å². The van der Waals surface area contributed by atoms with Crippen LogP contribution in [0, 0.1) is 0 Å². The van der Waals surface area contributed by atoms with Gasteiger partial charge in [-0.25, -0.2) is 14.3 Å². The topological polar surface area (TPSA) is 124 Å². The minimum Gasteiger partial charge on any atom is -0.494 e. The molecule has 0 saturated heterocycles. The first kappa shape index (κ1) is 29.6. The third-order valence-corrected chi connectivity index (χ3v) is 6.41. The molecule has 0 aliphatic rings. The van der Waals surface area contributed by atoms with Gasteiger partial charge in [-0.3, -0.25) is 9.78 Å². The van der Waals surface area contributed by atoms with Gasteiger partial charge in [0.2, 0.25) is 0 Å². The fraction of sp³-hybridized carbons (Fsp3) is 0.207. The van der Waals surface area contributed by atoms with E-state index >= 15 is 0 Å². The van der Waals surface area contributed by atoms with Crippen molar-refractivity contribution in [2.75, 3.05) is 23.8 Å². The van der Waals surface area contributed by atoms with Gasteiger partial charge in [0, 0.05) is 24.5 Å². The number of nitrogens with zero attached hydrogens (tertiary/aromatic N) is 3. The van der Waals surface area contributed by atoms with Gasteiger partial charge in [-0.05, 0) is 62.2 Å². The first-order valence-corrected chi connectivity index (χ1v) is 13.5. The highest BCUT2D eigenvalue weighted by molar-refractivity contribution is 6.39. The average molecular weight is 596 g/mol. The van der Waals surface area contributed by atoms with E-state index in [0.29, 0.717) is 29.2 Å². The number of benzene rings is 2. The summed E-state index contributed by atoms with van der Waals surface area (Å²) < 4.78 is 12.1. The summed E-state index contributed by atoms with van der Waals surface area (Å²) >= 11 is 12.2. The molecule has 0 bridgehead atoms. The Morgan fingerprint density at radius 3 is 2.32 bits per heavy atom. The molecule has 2 aromatic carbocycles. The Morgan fingerprint density at radius 2 is 1.63 bits per heavy atom. The monoisotopic (exact) mass is 595 g/mol. The van der Waals surface area contributed by atoms with E-state index in [2.05, 4.69) is 20.7 Å². The summed E-state index contributed by atoms with van der Waals surface area (Å²) in [5.41, 5.74) is 2.66. The summed E-state index contributed by atoms with van der Waals surface area (Å²) in [7, 11) is 0. The van der Waals surface area contributed by atoms with Gasteiger partial charge in [-0.1, -0.05) is 41.4 Å². The number of aromatic nitrogens is 3. The molecule has 0 aliphatic heterocycles. The summed E-state index contributed by atoms with van der Waals surface area (Å²) in [6.07, 6.45) is 2.68. The molecule has 41 heavy (non-hydrogen) atoms. The first-order chi connectivity index (χ1) is 19.7. The molecule has 0 spiro atoms. The molecule has 0 unspecified atom stereocenters. The van der Waals surface area contributed by atoms with Crippen LogP contribution in [0.5, 0.6) is 5.75 Å². The normalized spacial score (nSPS) is 10.7. The summed E-state index contributed by atoms with van der Waals surface area (Å²) in [5.74, 6) is 0.0782. The van der Waals surface area contributed by atoms with E-state index in [1.54, 1.807) is 26.0 Å². The maximum absolute atomic E-state index is 13.0. The van der Waals surface area contributed by atoms with E-state index in [1.165, 1.54) is 23.1 Å². The Bertz CT molecular complexity index is 1640. The zero-order valence-electron chi connectivity index (χ0n) is 22.5. The number of hydrogen-bond acceptors (Lipinski definition) is 7. The van der Waals surface area contributed by atoms with E-state index in [1.807, 2.05) is 37.3 Å². The van der Waals surface area contributed by atoms with Gasteiger partial charge in [0.1, 0.15) is 11.4 Å². The number of ether oxygens (including phenoxy) is 2. The standard InChI is InChI=1S/C29H27Cl2N5O5/c1-4-36-27(37)25(33-29(39)34-26-22(30)15-32-16-23(26)31)14-24(35-36)18-9-7-8-17(10-18)19-11-20(28(38)41-6-3)13-21(12-19)40-5-2/h7-16H,4-6H2,1-3H3,(H2,32,33,34,39). The van der Waals surface area contributed by atoms with Gasteiger partial charge in [0.25, 0.3) is 5.56 Å². The van der Waals surface area contributed by atoms with Crippen LogP contribution in [0.2, 0.25) is 10.0 Å². The van der Waals surface area contributed by atoms with Crippen molar-refractivity contribution in [2.24, 2.45) is 0 Å². The number of urea groups is 1. The summed E-state index contributed by atoms with van der Waals surface area (Å²) in [5, 5.41) is 9.88. The van der Waals surface area contributed by atoms with Crippen molar-refractivity contribution in [3.63, 3.8) is 0 Å². The minimum absolute atomic E-state index is 0.00370. The summed E-state index contributed by atoms with van der Waals surface area (Å²) in [6, 6.07) is 13.4. The predicted molar refractivity (Wildman–Crippen MR) is 159 cm³/mol. The smallest absolute Gasteiger partial charge is 0.338 e. The predicted octanol–water partition coefficient (Wildman–Crippen LogP) is 6.52. The second kappa shape index (κ2) is 13.3. The number of halogens is 2. The zero-order valence-corrected chi connectivity index (χ0v) is 24.0. The third kappa shape index (κ3) is 7.03. The van der Waals surface area contributed by atoms with Crippen molar-refractivity contribution < 1.29 is 19.1 Å². The third-order valence-electron chi connectivity index (χ3n) is 5.83. The quantitative estimate of drug-likeness (QED) is 0.211. The molecule has 212 valence electrons. The van der Waals surface area contributed by atoms with E-state index in [0.717, 1.165) is 11.1 Å². The van der Waals surface area contributed by atoms with E-state index in [9.17, 15) is 14.4 Å². The van der Waals surface area contributed by atoms with Crippen LogP contribution in [0.15, 0.2) is 65.7 Å². The van der Waals surface area contributed by atoms with Gasteiger partial charge in [0.15, 0.2) is 0 Å². The Hall–Kier alpha value is -4.41. The highest BCUT2D eigenvalue weighted by Crippen LogP contribution is 2.31. The van der Waals surface area contributed by atoms with Crippen LogP contribution in [0.3, 0.4) is 0 Å². The second-order valence-electron chi connectivity index (χ2n) is 8.60. The van der Waals surface area contributed by atoms with Crippen LogP contribution < -0.4 is 20.9 Å². The molecule has 10 nitrogen and oxygen atoms in total. The SMILES string of the molecule is CCOC(=O)c1cc(OCC)cc(-c2cccc(-c3cc(NC(=O)Nc4c(Cl)cncc4Cl)c(=O)n(CC)n3)c2)c1. The fourth-order valence-electron chi connectivity index (χ4n) is 3.99. The molecule has 2 heterocycles. The molecule has 0 fully saturated rings. The number of carbonyl (C=O) groups excluding carboxylic acids is 2. The second-order valence-corrected chi connectivity index (χ2v) is 9.42. The summed E-state index contributed by atoms with van der Waals surface area (Å²) in [6.45, 7) is 6.32. The lowest BCUT2D eigenvalue weighted by atomic mass is 9.99. The van der Waals surface area contributed by atoms with Gasteiger partial charge in [-0.2, -0.15) is 5.10 Å². The van der Waals surface area contributed by atoms with Gasteiger partial charge < -0.3 is 20.1 Å². The number of amides is 2. The zero-order chi connectivity index (χ0) is 29.5. The number of anilines is 2. The van der Waals surface area contributed by atoms with Crippen molar-refractivity contribution in [1.82, 2.24) is 14.8 Å². The molecule has 0 saturated carbocycles. The maximum Gasteiger partial charge on any atom is 0.338 e.